The van der Waals surface area contributed by atoms with Gasteiger partial charge < -0.3 is 39.4 Å². The van der Waals surface area contributed by atoms with Crippen molar-refractivity contribution in [2.75, 3.05) is 41.0 Å². The third-order valence-corrected chi connectivity index (χ3v) is 7.79. The van der Waals surface area contributed by atoms with Crippen LogP contribution in [-0.4, -0.2) is 92.5 Å². The number of aliphatic hydroxyl groups excluding tert-OH is 2. The quantitative estimate of drug-likeness (QED) is 0.201. The predicted octanol–water partition coefficient (Wildman–Crippen LogP) is 2.53. The topological polar surface area (TPSA) is 144 Å². The van der Waals surface area contributed by atoms with E-state index in [2.05, 4.69) is 5.32 Å². The summed E-state index contributed by atoms with van der Waals surface area (Å²) in [6.45, 7) is 1.76. The van der Waals surface area contributed by atoms with Crippen molar-refractivity contribution in [3.63, 3.8) is 0 Å². The van der Waals surface area contributed by atoms with E-state index in [1.54, 1.807) is 44.2 Å². The maximum absolute atomic E-state index is 13.3. The molecule has 0 radical (unpaired) electrons. The second-order valence-corrected chi connectivity index (χ2v) is 10.7. The average Bonchev–Trinajstić information content (AvgIpc) is 3.01. The highest BCUT2D eigenvalue weighted by Crippen LogP contribution is 2.37. The molecule has 3 atom stereocenters. The van der Waals surface area contributed by atoms with Gasteiger partial charge in [-0.15, -0.1) is 0 Å². The number of carbonyl (C=O) groups is 3. The maximum atomic E-state index is 13.3. The summed E-state index contributed by atoms with van der Waals surface area (Å²) >= 11 is 2.01. The molecule has 0 bridgehead atoms. The molecule has 2 amide bonds. The molecule has 2 aromatic carbocycles. The lowest BCUT2D eigenvalue weighted by Gasteiger charge is -2.40. The Balaban J connectivity index is 2.00. The summed E-state index contributed by atoms with van der Waals surface area (Å²) in [4.78, 5) is 39.3. The number of methoxy groups -OCH3 is 3. The molecule has 0 saturated heterocycles. The average molecular weight is 697 g/mol. The van der Waals surface area contributed by atoms with E-state index >= 15 is 0 Å². The van der Waals surface area contributed by atoms with Crippen LogP contribution in [0, 0.1) is 3.57 Å². The van der Waals surface area contributed by atoms with Crippen LogP contribution >= 0.6 is 22.6 Å². The van der Waals surface area contributed by atoms with E-state index < -0.39 is 24.2 Å². The molecule has 3 N–H and O–H groups in total. The zero-order valence-electron chi connectivity index (χ0n) is 24.1. The van der Waals surface area contributed by atoms with Gasteiger partial charge in [0.15, 0.2) is 11.5 Å². The minimum absolute atomic E-state index is 0.0427. The Bertz CT molecular complexity index is 1300. The van der Waals surface area contributed by atoms with Crippen molar-refractivity contribution in [2.45, 2.75) is 44.4 Å². The smallest absolute Gasteiger partial charge is 0.247 e. The van der Waals surface area contributed by atoms with E-state index in [0.29, 0.717) is 38.9 Å². The molecular weight excluding hydrogens is 659 g/mol. The molecule has 0 spiro atoms. The number of halogens is 1. The van der Waals surface area contributed by atoms with E-state index in [1.165, 1.54) is 19.3 Å². The first-order valence-electron chi connectivity index (χ1n) is 13.5. The standard InChI is InChI=1S/C30H37IN2O9/c1-5-27(36)33(10-8-19-14-21(39-2)6-7-24(19)40-3)23-15-20(30(38)32-9-11-34)16-25(28(23)37)42-29-22(31)12-18(17-35)13-26(29)41-4/h6-7,12-14,16-17,23,25,28,34,37H,5,8-11,15H2,1-4H3,(H,32,38). The Morgan fingerprint density at radius 3 is 2.48 bits per heavy atom. The Kier molecular flexibility index (Phi) is 12.4. The Hall–Kier alpha value is -3.36. The van der Waals surface area contributed by atoms with Gasteiger partial charge in [0.1, 0.15) is 30.0 Å². The Morgan fingerprint density at radius 1 is 1.12 bits per heavy atom. The summed E-state index contributed by atoms with van der Waals surface area (Å²) in [7, 11) is 4.56. The van der Waals surface area contributed by atoms with Gasteiger partial charge >= 0.3 is 0 Å². The summed E-state index contributed by atoms with van der Waals surface area (Å²) in [5, 5.41) is 23.5. The van der Waals surface area contributed by atoms with Crippen LogP contribution in [0.15, 0.2) is 42.0 Å². The van der Waals surface area contributed by atoms with E-state index in [1.807, 2.05) is 28.7 Å². The minimum Gasteiger partial charge on any atom is -0.497 e. The van der Waals surface area contributed by atoms with Gasteiger partial charge in [0.05, 0.1) is 37.5 Å². The molecule has 0 heterocycles. The summed E-state index contributed by atoms with van der Waals surface area (Å²) in [5.41, 5.74) is 1.50. The number of hydrogen-bond donors (Lipinski definition) is 3. The van der Waals surface area contributed by atoms with E-state index in [-0.39, 0.29) is 49.9 Å². The Morgan fingerprint density at radius 2 is 1.86 bits per heavy atom. The van der Waals surface area contributed by atoms with Crippen LogP contribution in [0.1, 0.15) is 35.7 Å². The molecule has 42 heavy (non-hydrogen) atoms. The summed E-state index contributed by atoms with van der Waals surface area (Å²) < 4.78 is 23.1. The molecule has 3 rings (SSSR count). The lowest BCUT2D eigenvalue weighted by molar-refractivity contribution is -0.138. The van der Waals surface area contributed by atoms with Gasteiger partial charge in [0.25, 0.3) is 0 Å². The first-order chi connectivity index (χ1) is 20.2. The molecule has 0 aliphatic heterocycles. The van der Waals surface area contributed by atoms with Gasteiger partial charge in [-0.25, -0.2) is 0 Å². The number of hydrogen-bond acceptors (Lipinski definition) is 9. The van der Waals surface area contributed by atoms with Crippen molar-refractivity contribution in [2.24, 2.45) is 0 Å². The first kappa shape index (κ1) is 33.1. The summed E-state index contributed by atoms with van der Waals surface area (Å²) in [5.74, 6) is 1.19. The number of rotatable bonds is 14. The van der Waals surface area contributed by atoms with Crippen molar-refractivity contribution >= 4 is 40.7 Å². The molecule has 1 aliphatic carbocycles. The van der Waals surface area contributed by atoms with Crippen LogP contribution in [0.3, 0.4) is 0 Å². The number of nitrogens with zero attached hydrogens (tertiary/aromatic N) is 1. The second-order valence-electron chi connectivity index (χ2n) is 9.54. The lowest BCUT2D eigenvalue weighted by Crippen LogP contribution is -2.55. The predicted molar refractivity (Wildman–Crippen MR) is 163 cm³/mol. The van der Waals surface area contributed by atoms with E-state index in [4.69, 9.17) is 18.9 Å². The number of aliphatic hydroxyl groups is 2. The molecule has 11 nitrogen and oxygen atoms in total. The molecule has 0 saturated carbocycles. The fourth-order valence-corrected chi connectivity index (χ4v) is 5.59. The van der Waals surface area contributed by atoms with Crippen LogP contribution in [0.2, 0.25) is 0 Å². The summed E-state index contributed by atoms with van der Waals surface area (Å²) in [6.07, 6.45) is 0.604. The fraction of sp³-hybridized carbons (Fsp3) is 0.433. The van der Waals surface area contributed by atoms with Gasteiger partial charge in [-0.2, -0.15) is 0 Å². The molecule has 2 aromatic rings. The number of aldehydes is 1. The molecule has 3 unspecified atom stereocenters. The molecule has 0 fully saturated rings. The van der Waals surface area contributed by atoms with Crippen LogP contribution in [-0.2, 0) is 16.0 Å². The van der Waals surface area contributed by atoms with Gasteiger partial charge in [0, 0.05) is 37.1 Å². The van der Waals surface area contributed by atoms with Crippen LogP contribution in [0.25, 0.3) is 0 Å². The van der Waals surface area contributed by atoms with Crippen molar-refractivity contribution in [1.82, 2.24) is 10.2 Å². The monoisotopic (exact) mass is 696 g/mol. The third kappa shape index (κ3) is 7.92. The highest BCUT2D eigenvalue weighted by Gasteiger charge is 2.40. The van der Waals surface area contributed by atoms with Gasteiger partial charge in [-0.3, -0.25) is 14.4 Å². The number of benzene rings is 2. The SMILES string of the molecule is CCC(=O)N(CCc1cc(OC)ccc1OC)C1CC(C(=O)NCCO)=CC(Oc2c(I)cc(C=O)cc2OC)C1O. The normalized spacial score (nSPS) is 18.0. The molecule has 0 aromatic heterocycles. The van der Waals surface area contributed by atoms with Gasteiger partial charge in [-0.1, -0.05) is 6.92 Å². The maximum Gasteiger partial charge on any atom is 0.247 e. The highest BCUT2D eigenvalue weighted by atomic mass is 127. The van der Waals surface area contributed by atoms with Crippen LogP contribution in [0.5, 0.6) is 23.0 Å². The molecule has 228 valence electrons. The third-order valence-electron chi connectivity index (χ3n) is 6.99. The first-order valence-corrected chi connectivity index (χ1v) is 14.6. The zero-order valence-corrected chi connectivity index (χ0v) is 26.3. The van der Waals surface area contributed by atoms with E-state index in [9.17, 15) is 24.6 Å². The largest absolute Gasteiger partial charge is 0.497 e. The molecule has 1 aliphatic rings. The number of amides is 2. The Labute approximate surface area is 258 Å². The second kappa shape index (κ2) is 15.8. The molecular formula is C30H37IN2O9. The zero-order chi connectivity index (χ0) is 30.8. The van der Waals surface area contributed by atoms with Crippen molar-refractivity contribution in [1.29, 1.82) is 0 Å². The van der Waals surface area contributed by atoms with Crippen molar-refractivity contribution < 1.29 is 43.5 Å². The number of carbonyl (C=O) groups excluding carboxylic acids is 3. The van der Waals surface area contributed by atoms with Gasteiger partial charge in [-0.05, 0) is 71.0 Å². The highest BCUT2D eigenvalue weighted by molar-refractivity contribution is 14.1. The molecule has 12 heteroatoms. The summed E-state index contributed by atoms with van der Waals surface area (Å²) in [6, 6.07) is 7.73. The number of ether oxygens (including phenoxy) is 4. The lowest BCUT2D eigenvalue weighted by atomic mass is 9.87. The van der Waals surface area contributed by atoms with Crippen LogP contribution in [0.4, 0.5) is 0 Å². The van der Waals surface area contributed by atoms with Crippen molar-refractivity contribution in [3.05, 3.63) is 56.7 Å². The number of nitrogens with one attached hydrogen (secondary N) is 1. The fourth-order valence-electron chi connectivity index (χ4n) is 4.83. The van der Waals surface area contributed by atoms with Gasteiger partial charge in [0.2, 0.25) is 11.8 Å². The minimum atomic E-state index is -1.21. The van der Waals surface area contributed by atoms with Crippen molar-refractivity contribution in [3.8, 4) is 23.0 Å². The van der Waals surface area contributed by atoms with Crippen LogP contribution < -0.4 is 24.3 Å². The van der Waals surface area contributed by atoms with E-state index in [0.717, 1.165) is 5.56 Å².